The summed E-state index contributed by atoms with van der Waals surface area (Å²) < 4.78 is 1.82. The topological polar surface area (TPSA) is 25.2 Å². The second kappa shape index (κ2) is 3.77. The molecular formula is C14H14N2O. The van der Waals surface area contributed by atoms with E-state index in [1.54, 1.807) is 6.08 Å². The molecule has 1 aromatic carbocycles. The Bertz CT molecular complexity index is 597. The van der Waals surface area contributed by atoms with Crippen LogP contribution in [0.15, 0.2) is 43.0 Å². The summed E-state index contributed by atoms with van der Waals surface area (Å²) in [5, 5.41) is 1.14. The third-order valence-electron chi connectivity index (χ3n) is 3.24. The maximum absolute atomic E-state index is 12.3. The fourth-order valence-corrected chi connectivity index (χ4v) is 2.43. The van der Waals surface area contributed by atoms with Gasteiger partial charge < -0.3 is 4.90 Å². The van der Waals surface area contributed by atoms with Gasteiger partial charge in [0, 0.05) is 30.6 Å². The summed E-state index contributed by atoms with van der Waals surface area (Å²) in [7, 11) is 0. The number of para-hydroxylation sites is 1. The van der Waals surface area contributed by atoms with Gasteiger partial charge in [-0.1, -0.05) is 24.3 Å². The first kappa shape index (κ1) is 10.1. The first-order valence-electron chi connectivity index (χ1n) is 5.81. The number of carbonyl (C=O) groups is 1. The number of fused-ring (bicyclic) bond motifs is 3. The zero-order chi connectivity index (χ0) is 11.8. The van der Waals surface area contributed by atoms with Crippen LogP contribution in [0.5, 0.6) is 0 Å². The number of hydrogen-bond acceptors (Lipinski definition) is 1. The summed E-state index contributed by atoms with van der Waals surface area (Å²) in [6, 6.07) is 10.2. The van der Waals surface area contributed by atoms with E-state index in [0.29, 0.717) is 6.54 Å². The standard InChI is InChI=1S/C14H14N2O/c1-2-8-15-9-7-12-10-11-5-3-4-6-13(11)16(12)14(15)17/h2-6,10H,1,7-9H2. The van der Waals surface area contributed by atoms with Gasteiger partial charge in [-0.15, -0.1) is 6.58 Å². The van der Waals surface area contributed by atoms with Crippen molar-refractivity contribution in [3.63, 3.8) is 0 Å². The van der Waals surface area contributed by atoms with Crippen LogP contribution in [-0.2, 0) is 6.42 Å². The van der Waals surface area contributed by atoms with Crippen molar-refractivity contribution in [1.82, 2.24) is 9.47 Å². The van der Waals surface area contributed by atoms with Crippen LogP contribution >= 0.6 is 0 Å². The molecule has 86 valence electrons. The van der Waals surface area contributed by atoms with Crippen molar-refractivity contribution in [1.29, 1.82) is 0 Å². The SMILES string of the molecule is C=CCN1CCc2cc3ccccc3n2C1=O. The van der Waals surface area contributed by atoms with Crippen LogP contribution in [0, 0.1) is 0 Å². The Balaban J connectivity index is 2.15. The van der Waals surface area contributed by atoms with Gasteiger partial charge in [0.2, 0.25) is 0 Å². The molecule has 0 spiro atoms. The monoisotopic (exact) mass is 226 g/mol. The first-order valence-corrected chi connectivity index (χ1v) is 5.81. The third-order valence-corrected chi connectivity index (χ3v) is 3.24. The highest BCUT2D eigenvalue weighted by atomic mass is 16.2. The van der Waals surface area contributed by atoms with Crippen molar-refractivity contribution in [3.05, 3.63) is 48.7 Å². The van der Waals surface area contributed by atoms with Crippen molar-refractivity contribution in [3.8, 4) is 0 Å². The van der Waals surface area contributed by atoms with Gasteiger partial charge >= 0.3 is 6.03 Å². The number of carbonyl (C=O) groups excluding carboxylic acids is 1. The molecule has 0 N–H and O–H groups in total. The second-order valence-electron chi connectivity index (χ2n) is 4.30. The van der Waals surface area contributed by atoms with E-state index in [2.05, 4.69) is 12.6 Å². The van der Waals surface area contributed by atoms with E-state index in [-0.39, 0.29) is 6.03 Å². The minimum Gasteiger partial charge on any atom is -0.320 e. The van der Waals surface area contributed by atoms with Crippen molar-refractivity contribution in [2.24, 2.45) is 0 Å². The van der Waals surface area contributed by atoms with E-state index in [1.165, 1.54) is 0 Å². The minimum atomic E-state index is 0.0624. The van der Waals surface area contributed by atoms with Crippen LogP contribution in [-0.4, -0.2) is 28.6 Å². The first-order chi connectivity index (χ1) is 8.31. The van der Waals surface area contributed by atoms with Gasteiger partial charge in [-0.25, -0.2) is 4.79 Å². The molecule has 1 aliphatic rings. The van der Waals surface area contributed by atoms with Crippen LogP contribution in [0.4, 0.5) is 4.79 Å². The Hall–Kier alpha value is -2.03. The minimum absolute atomic E-state index is 0.0624. The summed E-state index contributed by atoms with van der Waals surface area (Å²) >= 11 is 0. The molecule has 1 aliphatic heterocycles. The molecule has 0 atom stereocenters. The number of rotatable bonds is 2. The number of amides is 1. The van der Waals surface area contributed by atoms with Gasteiger partial charge in [0.1, 0.15) is 0 Å². The predicted octanol–water partition coefficient (Wildman–Crippen LogP) is 2.65. The number of aromatic nitrogens is 1. The molecule has 0 unspecified atom stereocenters. The average Bonchev–Trinajstić information content (AvgIpc) is 2.72. The lowest BCUT2D eigenvalue weighted by atomic mass is 10.2. The molecule has 2 aromatic rings. The molecule has 3 rings (SSSR count). The van der Waals surface area contributed by atoms with Gasteiger partial charge in [0.25, 0.3) is 0 Å². The lowest BCUT2D eigenvalue weighted by Crippen LogP contribution is -2.41. The normalized spacial score (nSPS) is 15.1. The third kappa shape index (κ3) is 1.46. The van der Waals surface area contributed by atoms with E-state index in [4.69, 9.17) is 0 Å². The van der Waals surface area contributed by atoms with Crippen LogP contribution < -0.4 is 0 Å². The molecule has 17 heavy (non-hydrogen) atoms. The van der Waals surface area contributed by atoms with E-state index < -0.39 is 0 Å². The summed E-state index contributed by atoms with van der Waals surface area (Å²) in [6.07, 6.45) is 2.68. The largest absolute Gasteiger partial charge is 0.329 e. The Kier molecular flexibility index (Phi) is 2.25. The summed E-state index contributed by atoms with van der Waals surface area (Å²) in [5.74, 6) is 0. The van der Waals surface area contributed by atoms with Crippen LogP contribution in [0.3, 0.4) is 0 Å². The smallest absolute Gasteiger partial charge is 0.320 e. The van der Waals surface area contributed by atoms with E-state index >= 15 is 0 Å². The highest BCUT2D eigenvalue weighted by molar-refractivity contribution is 5.93. The number of benzene rings is 1. The van der Waals surface area contributed by atoms with E-state index in [1.807, 2.05) is 33.7 Å². The van der Waals surface area contributed by atoms with Crippen molar-refractivity contribution < 1.29 is 4.79 Å². The van der Waals surface area contributed by atoms with Gasteiger partial charge in [0.15, 0.2) is 0 Å². The summed E-state index contributed by atoms with van der Waals surface area (Å²) in [4.78, 5) is 14.1. The van der Waals surface area contributed by atoms with Gasteiger partial charge in [0.05, 0.1) is 5.52 Å². The Labute approximate surface area is 99.9 Å². The van der Waals surface area contributed by atoms with Crippen molar-refractivity contribution in [2.45, 2.75) is 6.42 Å². The fourth-order valence-electron chi connectivity index (χ4n) is 2.43. The van der Waals surface area contributed by atoms with Crippen molar-refractivity contribution >= 4 is 16.9 Å². The van der Waals surface area contributed by atoms with Crippen LogP contribution in [0.25, 0.3) is 10.9 Å². The summed E-state index contributed by atoms with van der Waals surface area (Å²) in [5.41, 5.74) is 2.11. The quantitative estimate of drug-likeness (QED) is 0.723. The molecule has 0 saturated carbocycles. The summed E-state index contributed by atoms with van der Waals surface area (Å²) in [6.45, 7) is 5.09. The predicted molar refractivity (Wildman–Crippen MR) is 68.2 cm³/mol. The molecular weight excluding hydrogens is 212 g/mol. The molecule has 1 amide bonds. The second-order valence-corrected chi connectivity index (χ2v) is 4.30. The van der Waals surface area contributed by atoms with Crippen LogP contribution in [0.2, 0.25) is 0 Å². The molecule has 3 heteroatoms. The average molecular weight is 226 g/mol. The molecule has 0 bridgehead atoms. The van der Waals surface area contributed by atoms with E-state index in [0.717, 1.165) is 29.6 Å². The maximum atomic E-state index is 12.3. The van der Waals surface area contributed by atoms with Gasteiger partial charge in [-0.3, -0.25) is 4.57 Å². The lowest BCUT2D eigenvalue weighted by Gasteiger charge is -2.27. The molecule has 0 fully saturated rings. The highest BCUT2D eigenvalue weighted by Crippen LogP contribution is 2.23. The fraction of sp³-hybridized carbons (Fsp3) is 0.214. The Morgan fingerprint density at radius 2 is 2.18 bits per heavy atom. The zero-order valence-corrected chi connectivity index (χ0v) is 9.60. The molecule has 1 aromatic heterocycles. The molecule has 0 saturated heterocycles. The Morgan fingerprint density at radius 3 is 3.00 bits per heavy atom. The van der Waals surface area contributed by atoms with Crippen LogP contribution in [0.1, 0.15) is 5.69 Å². The number of hydrogen-bond donors (Lipinski definition) is 0. The maximum Gasteiger partial charge on any atom is 0.329 e. The number of nitrogens with zero attached hydrogens (tertiary/aromatic N) is 2. The highest BCUT2D eigenvalue weighted by Gasteiger charge is 2.24. The van der Waals surface area contributed by atoms with E-state index in [9.17, 15) is 4.79 Å². The lowest BCUT2D eigenvalue weighted by molar-refractivity contribution is 0.199. The Morgan fingerprint density at radius 1 is 1.35 bits per heavy atom. The molecule has 2 heterocycles. The molecule has 3 nitrogen and oxygen atoms in total. The van der Waals surface area contributed by atoms with Gasteiger partial charge in [-0.2, -0.15) is 0 Å². The van der Waals surface area contributed by atoms with Crippen molar-refractivity contribution in [2.75, 3.05) is 13.1 Å². The molecule has 0 aliphatic carbocycles. The zero-order valence-electron chi connectivity index (χ0n) is 9.60. The molecule has 0 radical (unpaired) electrons. The van der Waals surface area contributed by atoms with Gasteiger partial charge in [-0.05, 0) is 12.1 Å².